The second-order valence-electron chi connectivity index (χ2n) is 6.89. The molecule has 0 bridgehead atoms. The molecule has 0 aliphatic rings. The Balaban J connectivity index is 4.41. The summed E-state index contributed by atoms with van der Waals surface area (Å²) >= 11 is 3.49. The molecule has 138 valence electrons. The highest BCUT2D eigenvalue weighted by Gasteiger charge is 2.30. The molecule has 0 aromatic heterocycles. The summed E-state index contributed by atoms with van der Waals surface area (Å²) in [7, 11) is 0. The molecule has 0 radical (unpaired) electrons. The Morgan fingerprint density at radius 2 is 1.74 bits per heavy atom. The minimum absolute atomic E-state index is 0.310. The summed E-state index contributed by atoms with van der Waals surface area (Å²) in [6, 6.07) is 0. The number of hydrogen-bond acceptors (Lipinski definition) is 4. The molecule has 1 unspecified atom stereocenters. The largest absolute Gasteiger partial charge is 0.444 e. The van der Waals surface area contributed by atoms with Gasteiger partial charge in [-0.25, -0.2) is 4.79 Å². The van der Waals surface area contributed by atoms with Crippen LogP contribution < -0.4 is 0 Å². The van der Waals surface area contributed by atoms with Crippen molar-refractivity contribution in [3.05, 3.63) is 0 Å². The quantitative estimate of drug-likeness (QED) is 0.387. The standard InChI is InChI=1S/C17H34BrNO4/c1-7-9-10-21-11-12-22-17(6,13-18)14-19(8-2)15(20)23-16(3,4)5/h7-14H2,1-6H3. The number of unbranched alkanes of at least 4 members (excludes halogenated alkanes) is 1. The smallest absolute Gasteiger partial charge is 0.410 e. The first-order chi connectivity index (χ1) is 10.7. The van der Waals surface area contributed by atoms with Gasteiger partial charge in [0.05, 0.1) is 25.4 Å². The number of rotatable bonds is 11. The minimum atomic E-state index is -0.497. The van der Waals surface area contributed by atoms with Crippen LogP contribution in [0.4, 0.5) is 4.79 Å². The minimum Gasteiger partial charge on any atom is -0.444 e. The monoisotopic (exact) mass is 395 g/mol. The van der Waals surface area contributed by atoms with E-state index in [-0.39, 0.29) is 6.09 Å². The third-order valence-electron chi connectivity index (χ3n) is 3.16. The van der Waals surface area contributed by atoms with Gasteiger partial charge >= 0.3 is 6.09 Å². The first kappa shape index (κ1) is 22.7. The molecular weight excluding hydrogens is 362 g/mol. The molecule has 0 spiro atoms. The molecule has 0 saturated carbocycles. The van der Waals surface area contributed by atoms with Crippen molar-refractivity contribution >= 4 is 22.0 Å². The number of carbonyl (C=O) groups is 1. The lowest BCUT2D eigenvalue weighted by Crippen LogP contribution is -2.48. The molecule has 1 atom stereocenters. The van der Waals surface area contributed by atoms with Crippen LogP contribution in [-0.4, -0.2) is 60.4 Å². The van der Waals surface area contributed by atoms with E-state index in [0.29, 0.717) is 31.6 Å². The number of amides is 1. The van der Waals surface area contributed by atoms with Gasteiger partial charge in [-0.2, -0.15) is 0 Å². The maximum absolute atomic E-state index is 12.2. The molecule has 0 N–H and O–H groups in total. The van der Waals surface area contributed by atoms with Gasteiger partial charge in [0.1, 0.15) is 5.60 Å². The van der Waals surface area contributed by atoms with Crippen LogP contribution in [0.5, 0.6) is 0 Å². The highest BCUT2D eigenvalue weighted by Crippen LogP contribution is 2.18. The highest BCUT2D eigenvalue weighted by molar-refractivity contribution is 9.09. The van der Waals surface area contributed by atoms with E-state index < -0.39 is 11.2 Å². The Morgan fingerprint density at radius 3 is 2.22 bits per heavy atom. The molecular formula is C17H34BrNO4. The Bertz CT molecular complexity index is 333. The van der Waals surface area contributed by atoms with Gasteiger partial charge in [0, 0.05) is 18.5 Å². The Hall–Kier alpha value is -0.330. The summed E-state index contributed by atoms with van der Waals surface area (Å²) in [4.78, 5) is 13.9. The third-order valence-corrected chi connectivity index (χ3v) is 4.35. The summed E-state index contributed by atoms with van der Waals surface area (Å²) in [5.74, 6) is 0. The molecule has 0 heterocycles. The van der Waals surface area contributed by atoms with Crippen LogP contribution in [0, 0.1) is 0 Å². The zero-order valence-corrected chi connectivity index (χ0v) is 17.2. The Morgan fingerprint density at radius 1 is 1.09 bits per heavy atom. The topological polar surface area (TPSA) is 48.0 Å². The van der Waals surface area contributed by atoms with Crippen molar-refractivity contribution in [1.29, 1.82) is 0 Å². The first-order valence-electron chi connectivity index (χ1n) is 8.43. The third kappa shape index (κ3) is 11.0. The fourth-order valence-corrected chi connectivity index (χ4v) is 2.20. The zero-order chi connectivity index (χ0) is 17.9. The van der Waals surface area contributed by atoms with Crippen molar-refractivity contribution < 1.29 is 19.0 Å². The average Bonchev–Trinajstić information content (AvgIpc) is 2.46. The fourth-order valence-electron chi connectivity index (χ4n) is 1.86. The molecule has 0 aliphatic heterocycles. The highest BCUT2D eigenvalue weighted by atomic mass is 79.9. The first-order valence-corrected chi connectivity index (χ1v) is 9.55. The Labute approximate surface area is 150 Å². The molecule has 0 aliphatic carbocycles. The van der Waals surface area contributed by atoms with E-state index in [1.54, 1.807) is 4.90 Å². The van der Waals surface area contributed by atoms with Crippen molar-refractivity contribution in [3.63, 3.8) is 0 Å². The lowest BCUT2D eigenvalue weighted by Gasteiger charge is -2.34. The van der Waals surface area contributed by atoms with Crippen molar-refractivity contribution in [1.82, 2.24) is 4.90 Å². The Kier molecular flexibility index (Phi) is 11.1. The molecule has 23 heavy (non-hydrogen) atoms. The van der Waals surface area contributed by atoms with Gasteiger partial charge < -0.3 is 19.1 Å². The van der Waals surface area contributed by atoms with Crippen molar-refractivity contribution in [2.24, 2.45) is 0 Å². The molecule has 1 amide bonds. The second-order valence-corrected chi connectivity index (χ2v) is 7.45. The van der Waals surface area contributed by atoms with Gasteiger partial charge in [-0.3, -0.25) is 0 Å². The van der Waals surface area contributed by atoms with Crippen molar-refractivity contribution in [2.75, 3.05) is 38.2 Å². The SMILES string of the molecule is CCCCOCCOC(C)(CBr)CN(CC)C(=O)OC(C)(C)C. The van der Waals surface area contributed by atoms with Gasteiger partial charge in [-0.1, -0.05) is 29.3 Å². The van der Waals surface area contributed by atoms with E-state index in [1.807, 2.05) is 34.6 Å². The van der Waals surface area contributed by atoms with Crippen LogP contribution in [0.3, 0.4) is 0 Å². The summed E-state index contributed by atoms with van der Waals surface area (Å²) in [6.45, 7) is 14.6. The number of ether oxygens (including phenoxy) is 3. The number of halogens is 1. The normalized spacial score (nSPS) is 14.4. The number of likely N-dealkylation sites (N-methyl/N-ethyl adjacent to an activating group) is 1. The molecule has 0 aromatic rings. The number of carbonyl (C=O) groups excluding carboxylic acids is 1. The van der Waals surface area contributed by atoms with E-state index in [2.05, 4.69) is 22.9 Å². The molecule has 0 rings (SSSR count). The molecule has 0 fully saturated rings. The van der Waals surface area contributed by atoms with Crippen molar-refractivity contribution in [2.45, 2.75) is 65.6 Å². The van der Waals surface area contributed by atoms with E-state index >= 15 is 0 Å². The summed E-state index contributed by atoms with van der Waals surface area (Å²) in [6.07, 6.45) is 1.88. The van der Waals surface area contributed by atoms with Crippen LogP contribution in [0.25, 0.3) is 0 Å². The summed E-state index contributed by atoms with van der Waals surface area (Å²) < 4.78 is 16.9. The van der Waals surface area contributed by atoms with Crippen LogP contribution in [-0.2, 0) is 14.2 Å². The van der Waals surface area contributed by atoms with Gasteiger partial charge in [0.25, 0.3) is 0 Å². The van der Waals surface area contributed by atoms with Gasteiger partial charge in [-0.15, -0.1) is 0 Å². The van der Waals surface area contributed by atoms with E-state index in [4.69, 9.17) is 14.2 Å². The van der Waals surface area contributed by atoms with E-state index in [0.717, 1.165) is 19.4 Å². The molecule has 6 heteroatoms. The van der Waals surface area contributed by atoms with Gasteiger partial charge in [0.15, 0.2) is 0 Å². The number of nitrogens with zero attached hydrogens (tertiary/aromatic N) is 1. The maximum atomic E-state index is 12.2. The summed E-state index contributed by atoms with van der Waals surface area (Å²) in [5.41, 5.74) is -0.968. The number of alkyl halides is 1. The lowest BCUT2D eigenvalue weighted by atomic mass is 10.1. The summed E-state index contributed by atoms with van der Waals surface area (Å²) in [5, 5.41) is 0.633. The molecule has 0 saturated heterocycles. The van der Waals surface area contributed by atoms with Crippen LogP contribution in [0.2, 0.25) is 0 Å². The lowest BCUT2D eigenvalue weighted by molar-refractivity contribution is -0.0610. The van der Waals surface area contributed by atoms with Crippen LogP contribution >= 0.6 is 15.9 Å². The average molecular weight is 396 g/mol. The van der Waals surface area contributed by atoms with Crippen molar-refractivity contribution in [3.8, 4) is 0 Å². The fraction of sp³-hybridized carbons (Fsp3) is 0.941. The maximum Gasteiger partial charge on any atom is 0.410 e. The predicted octanol–water partition coefficient (Wildman–Crippen LogP) is 4.23. The van der Waals surface area contributed by atoms with E-state index in [1.165, 1.54) is 0 Å². The zero-order valence-electron chi connectivity index (χ0n) is 15.6. The molecule has 0 aromatic carbocycles. The van der Waals surface area contributed by atoms with Crippen LogP contribution in [0.15, 0.2) is 0 Å². The van der Waals surface area contributed by atoms with Crippen LogP contribution in [0.1, 0.15) is 54.4 Å². The second kappa shape index (κ2) is 11.3. The number of hydrogen-bond donors (Lipinski definition) is 0. The van der Waals surface area contributed by atoms with Gasteiger partial charge in [0.2, 0.25) is 0 Å². The predicted molar refractivity (Wildman–Crippen MR) is 97.4 cm³/mol. The van der Waals surface area contributed by atoms with E-state index in [9.17, 15) is 4.79 Å². The molecule has 5 nitrogen and oxygen atoms in total. The van der Waals surface area contributed by atoms with Gasteiger partial charge in [-0.05, 0) is 41.0 Å².